The van der Waals surface area contributed by atoms with E-state index in [1.54, 1.807) is 4.90 Å². The van der Waals surface area contributed by atoms with Gasteiger partial charge in [0.25, 0.3) is 0 Å². The van der Waals surface area contributed by atoms with E-state index in [1.807, 2.05) is 25.7 Å². The van der Waals surface area contributed by atoms with Crippen LogP contribution in [0, 0.1) is 0 Å². The summed E-state index contributed by atoms with van der Waals surface area (Å²) >= 11 is 1.24. The van der Waals surface area contributed by atoms with Gasteiger partial charge in [0.1, 0.15) is 5.60 Å². The van der Waals surface area contributed by atoms with Gasteiger partial charge in [0.15, 0.2) is 5.12 Å². The number of hydrogen-bond acceptors (Lipinski definition) is 5. The fraction of sp³-hybridized carbons (Fsp3) is 0.812. The first-order valence-electron chi connectivity index (χ1n) is 8.10. The Morgan fingerprint density at radius 1 is 1.26 bits per heavy atom. The number of ether oxygens (including phenoxy) is 1. The summed E-state index contributed by atoms with van der Waals surface area (Å²) < 4.78 is 5.42. The number of carbonyl (C=O) groups is 3. The van der Waals surface area contributed by atoms with Crippen molar-refractivity contribution in [3.8, 4) is 0 Å². The maximum Gasteiger partial charge on any atom is 0.410 e. The molecule has 2 aliphatic rings. The monoisotopic (exact) mass is 342 g/mol. The average Bonchev–Trinajstić information content (AvgIpc) is 2.77. The number of nitrogens with zero attached hydrogens (tertiary/aromatic N) is 2. The molecule has 2 heterocycles. The molecule has 6 nitrogen and oxygen atoms in total. The van der Waals surface area contributed by atoms with Gasteiger partial charge in [0.2, 0.25) is 5.91 Å². The molecule has 0 N–H and O–H groups in total. The van der Waals surface area contributed by atoms with E-state index in [2.05, 4.69) is 0 Å². The van der Waals surface area contributed by atoms with Crippen LogP contribution < -0.4 is 0 Å². The van der Waals surface area contributed by atoms with Crippen molar-refractivity contribution in [3.63, 3.8) is 0 Å². The van der Waals surface area contributed by atoms with Crippen LogP contribution in [0.15, 0.2) is 0 Å². The highest BCUT2D eigenvalue weighted by molar-refractivity contribution is 8.14. The number of hydrogen-bond donors (Lipinski definition) is 0. The summed E-state index contributed by atoms with van der Waals surface area (Å²) in [5.41, 5.74) is -0.517. The second-order valence-electron chi connectivity index (χ2n) is 7.20. The summed E-state index contributed by atoms with van der Waals surface area (Å²) in [6.45, 7) is 8.84. The predicted octanol–water partition coefficient (Wildman–Crippen LogP) is 2.27. The lowest BCUT2D eigenvalue weighted by Crippen LogP contribution is -2.51. The number of carbonyl (C=O) groups excluding carboxylic acids is 3. The maximum atomic E-state index is 12.2. The Hall–Kier alpha value is -1.24. The van der Waals surface area contributed by atoms with E-state index in [1.165, 1.54) is 18.7 Å². The minimum atomic E-state index is -0.517. The zero-order chi connectivity index (χ0) is 17.2. The van der Waals surface area contributed by atoms with E-state index in [0.717, 1.165) is 12.8 Å². The fourth-order valence-corrected chi connectivity index (χ4v) is 4.00. The van der Waals surface area contributed by atoms with Gasteiger partial charge < -0.3 is 14.5 Å². The van der Waals surface area contributed by atoms with Gasteiger partial charge in [-0.15, -0.1) is 0 Å². The highest BCUT2D eigenvalue weighted by Crippen LogP contribution is 2.28. The highest BCUT2D eigenvalue weighted by Gasteiger charge is 2.38. The minimum Gasteiger partial charge on any atom is -0.444 e. The zero-order valence-corrected chi connectivity index (χ0v) is 15.1. The molecule has 2 aliphatic heterocycles. The van der Waals surface area contributed by atoms with Gasteiger partial charge in [0.05, 0.1) is 0 Å². The summed E-state index contributed by atoms with van der Waals surface area (Å²) in [6, 6.07) is 0.0290. The molecule has 0 aromatic carbocycles. The van der Waals surface area contributed by atoms with Crippen LogP contribution in [0.4, 0.5) is 4.79 Å². The van der Waals surface area contributed by atoms with Crippen LogP contribution in [-0.4, -0.2) is 63.4 Å². The lowest BCUT2D eigenvalue weighted by molar-refractivity contribution is -0.130. The van der Waals surface area contributed by atoms with Crippen molar-refractivity contribution < 1.29 is 19.1 Å². The first kappa shape index (κ1) is 18.1. The molecule has 2 rings (SSSR count). The van der Waals surface area contributed by atoms with Gasteiger partial charge >= 0.3 is 6.09 Å². The third kappa shape index (κ3) is 5.12. The van der Waals surface area contributed by atoms with Crippen LogP contribution >= 0.6 is 11.8 Å². The fourth-order valence-electron chi connectivity index (χ4n) is 3.07. The van der Waals surface area contributed by atoms with Gasteiger partial charge in [-0.3, -0.25) is 9.59 Å². The van der Waals surface area contributed by atoms with Crippen LogP contribution in [0.5, 0.6) is 0 Å². The minimum absolute atomic E-state index is 0.0290. The standard InChI is InChI=1S/C16H26N2O4S/c1-11(19)23-13-8-14(20)18(10-13)12-6-5-7-17(9-12)15(21)22-16(2,3)4/h12-13H,5-10H2,1-4H3. The Labute approximate surface area is 141 Å². The Morgan fingerprint density at radius 3 is 2.57 bits per heavy atom. The van der Waals surface area contributed by atoms with Crippen molar-refractivity contribution in [2.24, 2.45) is 0 Å². The lowest BCUT2D eigenvalue weighted by atomic mass is 10.0. The Balaban J connectivity index is 1.94. The molecule has 0 spiro atoms. The quantitative estimate of drug-likeness (QED) is 0.770. The molecule has 23 heavy (non-hydrogen) atoms. The van der Waals surface area contributed by atoms with Crippen molar-refractivity contribution in [3.05, 3.63) is 0 Å². The molecule has 2 atom stereocenters. The van der Waals surface area contributed by atoms with E-state index in [4.69, 9.17) is 4.74 Å². The van der Waals surface area contributed by atoms with Gasteiger partial charge in [0, 0.05) is 44.3 Å². The topological polar surface area (TPSA) is 66.9 Å². The molecule has 0 aromatic rings. The summed E-state index contributed by atoms with van der Waals surface area (Å²) in [6.07, 6.45) is 1.84. The van der Waals surface area contributed by atoms with Crippen molar-refractivity contribution >= 4 is 28.9 Å². The lowest BCUT2D eigenvalue weighted by Gasteiger charge is -2.38. The van der Waals surface area contributed by atoms with Crippen molar-refractivity contribution in [2.45, 2.75) is 63.9 Å². The van der Waals surface area contributed by atoms with Gasteiger partial charge in [-0.1, -0.05) is 11.8 Å². The first-order chi connectivity index (χ1) is 10.7. The highest BCUT2D eigenvalue weighted by atomic mass is 32.2. The van der Waals surface area contributed by atoms with Crippen LogP contribution in [0.1, 0.15) is 47.0 Å². The van der Waals surface area contributed by atoms with Gasteiger partial charge in [-0.05, 0) is 33.6 Å². The molecule has 7 heteroatoms. The van der Waals surface area contributed by atoms with E-state index in [0.29, 0.717) is 26.1 Å². The normalized spacial score (nSPS) is 25.7. The molecule has 2 saturated heterocycles. The Morgan fingerprint density at radius 2 is 1.96 bits per heavy atom. The summed E-state index contributed by atoms with van der Waals surface area (Å²) in [7, 11) is 0. The summed E-state index contributed by atoms with van der Waals surface area (Å²) in [5.74, 6) is 0.0831. The van der Waals surface area contributed by atoms with Crippen LogP contribution in [0.2, 0.25) is 0 Å². The van der Waals surface area contributed by atoms with Crippen LogP contribution in [0.3, 0.4) is 0 Å². The Bertz CT molecular complexity index is 489. The van der Waals surface area contributed by atoms with Crippen LogP contribution in [-0.2, 0) is 14.3 Å². The number of likely N-dealkylation sites (tertiary alicyclic amines) is 2. The second kappa shape index (κ2) is 7.11. The van der Waals surface area contributed by atoms with Crippen molar-refractivity contribution in [2.75, 3.05) is 19.6 Å². The molecule has 0 aromatic heterocycles. The molecule has 2 amide bonds. The van der Waals surface area contributed by atoms with Gasteiger partial charge in [-0.2, -0.15) is 0 Å². The molecule has 0 bridgehead atoms. The first-order valence-corrected chi connectivity index (χ1v) is 8.98. The van der Waals surface area contributed by atoms with Crippen LogP contribution in [0.25, 0.3) is 0 Å². The number of rotatable bonds is 2. The molecule has 0 radical (unpaired) electrons. The Kier molecular flexibility index (Phi) is 5.60. The number of amides is 2. The SMILES string of the molecule is CC(=O)SC1CC(=O)N(C2CCCN(C(=O)OC(C)(C)C)C2)C1. The van der Waals surface area contributed by atoms with E-state index in [9.17, 15) is 14.4 Å². The molecule has 0 saturated carbocycles. The number of thioether (sulfide) groups is 1. The summed E-state index contributed by atoms with van der Waals surface area (Å²) in [5, 5.41) is 0.0839. The average molecular weight is 342 g/mol. The maximum absolute atomic E-state index is 12.2. The summed E-state index contributed by atoms with van der Waals surface area (Å²) in [4.78, 5) is 39.2. The van der Waals surface area contributed by atoms with Crippen molar-refractivity contribution in [1.82, 2.24) is 9.80 Å². The van der Waals surface area contributed by atoms with E-state index < -0.39 is 5.60 Å². The predicted molar refractivity (Wildman–Crippen MR) is 89.2 cm³/mol. The third-order valence-corrected chi connectivity index (χ3v) is 4.93. The largest absolute Gasteiger partial charge is 0.444 e. The van der Waals surface area contributed by atoms with E-state index >= 15 is 0 Å². The smallest absolute Gasteiger partial charge is 0.410 e. The molecule has 2 unspecified atom stereocenters. The third-order valence-electron chi connectivity index (χ3n) is 3.94. The van der Waals surface area contributed by atoms with Crippen molar-refractivity contribution in [1.29, 1.82) is 0 Å². The molecular formula is C16H26N2O4S. The molecular weight excluding hydrogens is 316 g/mol. The second-order valence-corrected chi connectivity index (χ2v) is 8.68. The molecule has 0 aliphatic carbocycles. The zero-order valence-electron chi connectivity index (χ0n) is 14.3. The molecule has 130 valence electrons. The van der Waals surface area contributed by atoms with Gasteiger partial charge in [-0.25, -0.2) is 4.79 Å². The number of piperidine rings is 1. The molecule has 2 fully saturated rings. The van der Waals surface area contributed by atoms with E-state index in [-0.39, 0.29) is 28.4 Å².